The summed E-state index contributed by atoms with van der Waals surface area (Å²) >= 11 is 1.40. The van der Waals surface area contributed by atoms with Gasteiger partial charge >= 0.3 is 0 Å². The Morgan fingerprint density at radius 3 is 2.43 bits per heavy atom. The molecule has 0 spiro atoms. The van der Waals surface area contributed by atoms with Crippen molar-refractivity contribution in [3.8, 4) is 22.8 Å². The molecule has 28 heavy (non-hydrogen) atoms. The number of amides is 1. The minimum Gasteiger partial charge on any atom is -0.457 e. The maximum atomic E-state index is 12.8. The Hall–Kier alpha value is -3.44. The average molecular weight is 386 g/mol. The van der Waals surface area contributed by atoms with Crippen molar-refractivity contribution >= 4 is 22.4 Å². The van der Waals surface area contributed by atoms with Crippen molar-refractivity contribution in [2.75, 3.05) is 5.32 Å². The SMILES string of the molecule is Cc1ccc(-c2csc(NC(=O)c3ccccc3Oc3ccccc3)n2)cc1. The fraction of sp³-hybridized carbons (Fsp3) is 0.0435. The summed E-state index contributed by atoms with van der Waals surface area (Å²) in [5.41, 5.74) is 3.52. The summed E-state index contributed by atoms with van der Waals surface area (Å²) in [5, 5.41) is 5.36. The summed E-state index contributed by atoms with van der Waals surface area (Å²) in [5.74, 6) is 0.927. The number of anilines is 1. The van der Waals surface area contributed by atoms with Gasteiger partial charge in [-0.15, -0.1) is 11.3 Å². The Kier molecular flexibility index (Phi) is 5.17. The van der Waals surface area contributed by atoms with Gasteiger partial charge in [-0.05, 0) is 31.2 Å². The summed E-state index contributed by atoms with van der Waals surface area (Å²) < 4.78 is 5.88. The van der Waals surface area contributed by atoms with E-state index in [9.17, 15) is 4.79 Å². The highest BCUT2D eigenvalue weighted by Crippen LogP contribution is 2.28. The molecule has 0 fully saturated rings. The molecule has 138 valence electrons. The molecule has 4 aromatic rings. The molecule has 4 nitrogen and oxygen atoms in total. The molecule has 1 amide bonds. The van der Waals surface area contributed by atoms with Crippen LogP contribution in [0.25, 0.3) is 11.3 Å². The molecule has 4 rings (SSSR count). The van der Waals surface area contributed by atoms with Crippen LogP contribution >= 0.6 is 11.3 Å². The van der Waals surface area contributed by atoms with Crippen molar-refractivity contribution in [1.82, 2.24) is 4.98 Å². The van der Waals surface area contributed by atoms with Crippen LogP contribution in [-0.4, -0.2) is 10.9 Å². The van der Waals surface area contributed by atoms with Gasteiger partial charge in [-0.2, -0.15) is 0 Å². The lowest BCUT2D eigenvalue weighted by Crippen LogP contribution is -2.12. The fourth-order valence-corrected chi connectivity index (χ4v) is 3.43. The van der Waals surface area contributed by atoms with Gasteiger partial charge in [0, 0.05) is 10.9 Å². The van der Waals surface area contributed by atoms with Crippen molar-refractivity contribution in [2.45, 2.75) is 6.92 Å². The van der Waals surface area contributed by atoms with Crippen LogP contribution in [0.3, 0.4) is 0 Å². The number of carbonyl (C=O) groups is 1. The van der Waals surface area contributed by atoms with E-state index in [2.05, 4.69) is 10.3 Å². The zero-order valence-corrected chi connectivity index (χ0v) is 16.1. The number of ether oxygens (including phenoxy) is 1. The largest absolute Gasteiger partial charge is 0.457 e. The summed E-state index contributed by atoms with van der Waals surface area (Å²) in [4.78, 5) is 17.3. The van der Waals surface area contributed by atoms with E-state index in [0.29, 0.717) is 22.2 Å². The van der Waals surface area contributed by atoms with Crippen LogP contribution in [-0.2, 0) is 0 Å². The van der Waals surface area contributed by atoms with Crippen molar-refractivity contribution in [3.05, 3.63) is 95.4 Å². The number of aromatic nitrogens is 1. The number of aryl methyl sites for hydroxylation is 1. The van der Waals surface area contributed by atoms with Crippen LogP contribution < -0.4 is 10.1 Å². The molecule has 0 aliphatic rings. The maximum absolute atomic E-state index is 12.8. The van der Waals surface area contributed by atoms with Gasteiger partial charge in [0.05, 0.1) is 11.3 Å². The molecule has 0 unspecified atom stereocenters. The summed E-state index contributed by atoms with van der Waals surface area (Å²) in [7, 11) is 0. The first-order chi connectivity index (χ1) is 13.7. The predicted molar refractivity (Wildman–Crippen MR) is 113 cm³/mol. The average Bonchev–Trinajstić information content (AvgIpc) is 3.18. The zero-order chi connectivity index (χ0) is 19.3. The number of hydrogen-bond acceptors (Lipinski definition) is 4. The second-order valence-corrected chi connectivity index (χ2v) is 7.13. The second-order valence-electron chi connectivity index (χ2n) is 6.27. The normalized spacial score (nSPS) is 10.5. The third kappa shape index (κ3) is 4.10. The molecule has 0 aliphatic heterocycles. The number of carbonyl (C=O) groups excluding carboxylic acids is 1. The molecule has 5 heteroatoms. The summed E-state index contributed by atoms with van der Waals surface area (Å²) in [6.45, 7) is 2.05. The number of benzene rings is 3. The van der Waals surface area contributed by atoms with Crippen LogP contribution in [0.15, 0.2) is 84.2 Å². The topological polar surface area (TPSA) is 51.2 Å². The number of nitrogens with zero attached hydrogens (tertiary/aromatic N) is 1. The van der Waals surface area contributed by atoms with E-state index in [-0.39, 0.29) is 5.91 Å². The van der Waals surface area contributed by atoms with Gasteiger partial charge in [-0.3, -0.25) is 10.1 Å². The van der Waals surface area contributed by atoms with Gasteiger partial charge in [0.15, 0.2) is 5.13 Å². The molecular weight excluding hydrogens is 368 g/mol. The first-order valence-electron chi connectivity index (χ1n) is 8.85. The Morgan fingerprint density at radius 1 is 0.929 bits per heavy atom. The second kappa shape index (κ2) is 8.06. The fourth-order valence-electron chi connectivity index (χ4n) is 2.71. The van der Waals surface area contributed by atoms with E-state index in [1.165, 1.54) is 16.9 Å². The Bertz CT molecular complexity index is 1090. The zero-order valence-electron chi connectivity index (χ0n) is 15.3. The van der Waals surface area contributed by atoms with E-state index in [1.807, 2.05) is 79.0 Å². The molecule has 1 aromatic heterocycles. The number of para-hydroxylation sites is 2. The lowest BCUT2D eigenvalue weighted by molar-refractivity contribution is 0.102. The highest BCUT2D eigenvalue weighted by molar-refractivity contribution is 7.14. The molecule has 1 N–H and O–H groups in total. The van der Waals surface area contributed by atoms with E-state index in [0.717, 1.165) is 11.3 Å². The number of hydrogen-bond donors (Lipinski definition) is 1. The van der Waals surface area contributed by atoms with Gasteiger partial charge in [-0.1, -0.05) is 60.2 Å². The molecule has 0 aliphatic carbocycles. The monoisotopic (exact) mass is 386 g/mol. The third-order valence-corrected chi connectivity index (χ3v) is 4.93. The van der Waals surface area contributed by atoms with Crippen molar-refractivity contribution < 1.29 is 9.53 Å². The van der Waals surface area contributed by atoms with E-state index in [1.54, 1.807) is 12.1 Å². The van der Waals surface area contributed by atoms with Crippen LogP contribution in [0.2, 0.25) is 0 Å². The molecular formula is C23H18N2O2S. The number of thiazole rings is 1. The van der Waals surface area contributed by atoms with E-state index >= 15 is 0 Å². The van der Waals surface area contributed by atoms with Crippen molar-refractivity contribution in [3.63, 3.8) is 0 Å². The summed E-state index contributed by atoms with van der Waals surface area (Å²) in [6.07, 6.45) is 0. The Balaban J connectivity index is 1.52. The number of nitrogens with one attached hydrogen (secondary N) is 1. The van der Waals surface area contributed by atoms with Crippen molar-refractivity contribution in [2.24, 2.45) is 0 Å². The van der Waals surface area contributed by atoms with Crippen molar-refractivity contribution in [1.29, 1.82) is 0 Å². The Labute approximate surface area is 167 Å². The third-order valence-electron chi connectivity index (χ3n) is 4.17. The molecule has 0 saturated heterocycles. The molecule has 1 heterocycles. The molecule has 0 atom stereocenters. The first-order valence-corrected chi connectivity index (χ1v) is 9.73. The highest BCUT2D eigenvalue weighted by Gasteiger charge is 2.15. The molecule has 3 aromatic carbocycles. The minimum atomic E-state index is -0.253. The highest BCUT2D eigenvalue weighted by atomic mass is 32.1. The van der Waals surface area contributed by atoms with E-state index < -0.39 is 0 Å². The van der Waals surface area contributed by atoms with E-state index in [4.69, 9.17) is 4.74 Å². The quantitative estimate of drug-likeness (QED) is 0.447. The standard InChI is InChI=1S/C23H18N2O2S/c1-16-11-13-17(14-12-16)20-15-28-23(24-20)25-22(26)19-9-5-6-10-21(19)27-18-7-3-2-4-8-18/h2-15H,1H3,(H,24,25,26). The molecule has 0 bridgehead atoms. The van der Waals surface area contributed by atoms with Gasteiger partial charge in [0.2, 0.25) is 0 Å². The van der Waals surface area contributed by atoms with Crippen LogP contribution in [0.5, 0.6) is 11.5 Å². The first kappa shape index (κ1) is 17.9. The maximum Gasteiger partial charge on any atom is 0.261 e. The van der Waals surface area contributed by atoms with Crippen LogP contribution in [0.4, 0.5) is 5.13 Å². The number of rotatable bonds is 5. The van der Waals surface area contributed by atoms with Crippen LogP contribution in [0, 0.1) is 6.92 Å². The predicted octanol–water partition coefficient (Wildman–Crippen LogP) is 6.16. The molecule has 0 saturated carbocycles. The van der Waals surface area contributed by atoms with Gasteiger partial charge in [-0.25, -0.2) is 4.98 Å². The lowest BCUT2D eigenvalue weighted by Gasteiger charge is -2.10. The minimum absolute atomic E-state index is 0.253. The van der Waals surface area contributed by atoms with Gasteiger partial charge < -0.3 is 4.74 Å². The summed E-state index contributed by atoms with van der Waals surface area (Å²) in [6, 6.07) is 24.7. The smallest absolute Gasteiger partial charge is 0.261 e. The van der Waals surface area contributed by atoms with Gasteiger partial charge in [0.25, 0.3) is 5.91 Å². The molecule has 0 radical (unpaired) electrons. The van der Waals surface area contributed by atoms with Crippen LogP contribution in [0.1, 0.15) is 15.9 Å². The van der Waals surface area contributed by atoms with Gasteiger partial charge in [0.1, 0.15) is 11.5 Å². The Morgan fingerprint density at radius 2 is 1.64 bits per heavy atom. The lowest BCUT2D eigenvalue weighted by atomic mass is 10.1.